The lowest BCUT2D eigenvalue weighted by Crippen LogP contribution is -2.35. The highest BCUT2D eigenvalue weighted by Crippen LogP contribution is 2.16. The van der Waals surface area contributed by atoms with Crippen molar-refractivity contribution in [3.63, 3.8) is 0 Å². The number of nitrogens with one attached hydrogen (secondary N) is 1. The maximum Gasteiger partial charge on any atom is 0.265 e. The summed E-state index contributed by atoms with van der Waals surface area (Å²) in [6.07, 6.45) is 2.71. The zero-order valence-corrected chi connectivity index (χ0v) is 15.0. The van der Waals surface area contributed by atoms with Crippen LogP contribution in [0.5, 0.6) is 5.75 Å². The third-order valence-electron chi connectivity index (χ3n) is 4.47. The minimum Gasteiger partial charge on any atom is -0.481 e. The highest BCUT2D eigenvalue weighted by molar-refractivity contribution is 5.96. The molecule has 0 bridgehead atoms. The minimum atomic E-state index is -0.618. The van der Waals surface area contributed by atoms with E-state index in [0.29, 0.717) is 17.0 Å². The van der Waals surface area contributed by atoms with Gasteiger partial charge in [0, 0.05) is 24.3 Å². The summed E-state index contributed by atoms with van der Waals surface area (Å²) < 4.78 is 5.62. The molecule has 5 heteroatoms. The fourth-order valence-corrected chi connectivity index (χ4v) is 2.98. The molecule has 0 aliphatic carbocycles. The Labute approximate surface area is 154 Å². The molecule has 1 atom stereocenters. The van der Waals surface area contributed by atoms with Crippen molar-refractivity contribution in [2.24, 2.45) is 0 Å². The number of anilines is 1. The molecule has 1 aliphatic rings. The third kappa shape index (κ3) is 4.63. The van der Waals surface area contributed by atoms with E-state index in [1.165, 1.54) is 6.42 Å². The molecule has 0 radical (unpaired) electrons. The first-order valence-electron chi connectivity index (χ1n) is 9.05. The second-order valence-corrected chi connectivity index (χ2v) is 6.49. The number of nitrogens with zero attached hydrogens (tertiary/aromatic N) is 1. The van der Waals surface area contributed by atoms with Crippen molar-refractivity contribution in [1.29, 1.82) is 0 Å². The highest BCUT2D eigenvalue weighted by atomic mass is 16.5. The van der Waals surface area contributed by atoms with Crippen LogP contribution in [-0.2, 0) is 4.79 Å². The van der Waals surface area contributed by atoms with Gasteiger partial charge in [-0.25, -0.2) is 0 Å². The van der Waals surface area contributed by atoms with E-state index >= 15 is 0 Å². The molecule has 0 aromatic heterocycles. The SMILES string of the molecule is C[C@@H](Oc1ccccc1)C(=O)Nc1ccc(C(=O)N2CCCCC2)cc1. The van der Waals surface area contributed by atoms with Crippen LogP contribution in [0.1, 0.15) is 36.5 Å². The number of hydrogen-bond donors (Lipinski definition) is 1. The minimum absolute atomic E-state index is 0.0587. The molecule has 26 heavy (non-hydrogen) atoms. The number of ether oxygens (including phenoxy) is 1. The van der Waals surface area contributed by atoms with Crippen molar-refractivity contribution in [2.75, 3.05) is 18.4 Å². The molecule has 2 aromatic carbocycles. The van der Waals surface area contributed by atoms with Crippen molar-refractivity contribution in [3.8, 4) is 5.75 Å². The molecular weight excluding hydrogens is 328 g/mol. The zero-order chi connectivity index (χ0) is 18.4. The normalized spacial score (nSPS) is 15.2. The zero-order valence-electron chi connectivity index (χ0n) is 15.0. The number of amides is 2. The number of piperidine rings is 1. The number of rotatable bonds is 5. The largest absolute Gasteiger partial charge is 0.481 e. The molecule has 2 amide bonds. The maximum absolute atomic E-state index is 12.5. The Morgan fingerprint density at radius 1 is 0.962 bits per heavy atom. The van der Waals surface area contributed by atoms with Gasteiger partial charge in [0.15, 0.2) is 6.10 Å². The summed E-state index contributed by atoms with van der Waals surface area (Å²) in [6, 6.07) is 16.3. The summed E-state index contributed by atoms with van der Waals surface area (Å²) in [7, 11) is 0. The van der Waals surface area contributed by atoms with E-state index in [4.69, 9.17) is 4.74 Å². The van der Waals surface area contributed by atoms with E-state index in [1.807, 2.05) is 35.2 Å². The molecule has 3 rings (SSSR count). The lowest BCUT2D eigenvalue weighted by atomic mass is 10.1. The molecule has 1 saturated heterocycles. The van der Waals surface area contributed by atoms with Gasteiger partial charge in [-0.1, -0.05) is 18.2 Å². The van der Waals surface area contributed by atoms with E-state index < -0.39 is 6.10 Å². The predicted octanol–water partition coefficient (Wildman–Crippen LogP) is 3.72. The van der Waals surface area contributed by atoms with E-state index in [1.54, 1.807) is 31.2 Å². The Morgan fingerprint density at radius 3 is 2.27 bits per heavy atom. The van der Waals surface area contributed by atoms with Crippen LogP contribution in [0.25, 0.3) is 0 Å². The summed E-state index contributed by atoms with van der Waals surface area (Å²) >= 11 is 0. The molecule has 0 spiro atoms. The number of carbonyl (C=O) groups excluding carboxylic acids is 2. The second kappa shape index (κ2) is 8.52. The summed E-state index contributed by atoms with van der Waals surface area (Å²) in [5, 5.41) is 2.82. The average molecular weight is 352 g/mol. The highest BCUT2D eigenvalue weighted by Gasteiger charge is 2.19. The van der Waals surface area contributed by atoms with Gasteiger partial charge in [0.05, 0.1) is 0 Å². The topological polar surface area (TPSA) is 58.6 Å². The van der Waals surface area contributed by atoms with Crippen molar-refractivity contribution >= 4 is 17.5 Å². The Balaban J connectivity index is 1.56. The summed E-state index contributed by atoms with van der Waals surface area (Å²) in [6.45, 7) is 3.36. The monoisotopic (exact) mass is 352 g/mol. The summed E-state index contributed by atoms with van der Waals surface area (Å²) in [5.41, 5.74) is 1.30. The maximum atomic E-state index is 12.5. The Kier molecular flexibility index (Phi) is 5.89. The molecule has 0 saturated carbocycles. The number of hydrogen-bond acceptors (Lipinski definition) is 3. The number of para-hydroxylation sites is 1. The van der Waals surface area contributed by atoms with Gasteiger partial charge >= 0.3 is 0 Å². The van der Waals surface area contributed by atoms with E-state index in [-0.39, 0.29) is 11.8 Å². The number of benzene rings is 2. The molecule has 2 aromatic rings. The van der Waals surface area contributed by atoms with Crippen molar-refractivity contribution in [3.05, 3.63) is 60.2 Å². The first kappa shape index (κ1) is 18.0. The molecule has 1 heterocycles. The van der Waals surface area contributed by atoms with Gasteiger partial charge in [-0.2, -0.15) is 0 Å². The van der Waals surface area contributed by atoms with Gasteiger partial charge in [-0.3, -0.25) is 9.59 Å². The van der Waals surface area contributed by atoms with E-state index in [0.717, 1.165) is 25.9 Å². The molecule has 1 aliphatic heterocycles. The first-order chi connectivity index (χ1) is 12.6. The van der Waals surface area contributed by atoms with Crippen LogP contribution in [0.15, 0.2) is 54.6 Å². The third-order valence-corrected chi connectivity index (χ3v) is 4.47. The average Bonchev–Trinajstić information content (AvgIpc) is 2.69. The van der Waals surface area contributed by atoms with Crippen LogP contribution in [-0.4, -0.2) is 35.9 Å². The summed E-state index contributed by atoms with van der Waals surface area (Å²) in [4.78, 5) is 26.6. The molecular formula is C21H24N2O3. The van der Waals surface area contributed by atoms with Crippen LogP contribution >= 0.6 is 0 Å². The van der Waals surface area contributed by atoms with Gasteiger partial charge in [0.25, 0.3) is 11.8 Å². The predicted molar refractivity (Wildman–Crippen MR) is 101 cm³/mol. The number of carbonyl (C=O) groups is 2. The van der Waals surface area contributed by atoms with Gasteiger partial charge in [0.1, 0.15) is 5.75 Å². The van der Waals surface area contributed by atoms with Crippen molar-refractivity contribution in [1.82, 2.24) is 4.90 Å². The van der Waals surface area contributed by atoms with Gasteiger partial charge in [0.2, 0.25) is 0 Å². The Hall–Kier alpha value is -2.82. The van der Waals surface area contributed by atoms with Crippen LogP contribution in [0, 0.1) is 0 Å². The fraction of sp³-hybridized carbons (Fsp3) is 0.333. The van der Waals surface area contributed by atoms with Crippen LogP contribution in [0.3, 0.4) is 0 Å². The van der Waals surface area contributed by atoms with E-state index in [9.17, 15) is 9.59 Å². The smallest absolute Gasteiger partial charge is 0.265 e. The molecule has 1 fully saturated rings. The van der Waals surface area contributed by atoms with E-state index in [2.05, 4.69) is 5.32 Å². The molecule has 5 nitrogen and oxygen atoms in total. The van der Waals surface area contributed by atoms with Gasteiger partial charge < -0.3 is 15.0 Å². The van der Waals surface area contributed by atoms with Crippen molar-refractivity contribution in [2.45, 2.75) is 32.3 Å². The Bertz CT molecular complexity index is 738. The molecule has 136 valence electrons. The quantitative estimate of drug-likeness (QED) is 0.892. The van der Waals surface area contributed by atoms with Gasteiger partial charge in [-0.15, -0.1) is 0 Å². The second-order valence-electron chi connectivity index (χ2n) is 6.49. The molecule has 1 N–H and O–H groups in total. The number of likely N-dealkylation sites (tertiary alicyclic amines) is 1. The lowest BCUT2D eigenvalue weighted by molar-refractivity contribution is -0.122. The van der Waals surface area contributed by atoms with Crippen molar-refractivity contribution < 1.29 is 14.3 Å². The lowest BCUT2D eigenvalue weighted by Gasteiger charge is -2.26. The van der Waals surface area contributed by atoms with Crippen LogP contribution in [0.4, 0.5) is 5.69 Å². The molecule has 0 unspecified atom stereocenters. The van der Waals surface area contributed by atoms with Crippen LogP contribution in [0.2, 0.25) is 0 Å². The van der Waals surface area contributed by atoms with Gasteiger partial charge in [-0.05, 0) is 62.6 Å². The fourth-order valence-electron chi connectivity index (χ4n) is 2.98. The first-order valence-corrected chi connectivity index (χ1v) is 9.05. The Morgan fingerprint density at radius 2 is 1.62 bits per heavy atom. The van der Waals surface area contributed by atoms with Crippen LogP contribution < -0.4 is 10.1 Å². The standard InChI is InChI=1S/C21H24N2O3/c1-16(26-19-8-4-2-5-9-19)20(24)22-18-12-10-17(11-13-18)21(25)23-14-6-3-7-15-23/h2,4-5,8-13,16H,3,6-7,14-15H2,1H3,(H,22,24)/t16-/m1/s1. The summed E-state index contributed by atoms with van der Waals surface area (Å²) in [5.74, 6) is 0.477.